The van der Waals surface area contributed by atoms with Gasteiger partial charge in [-0.05, 0) is 61.7 Å². The minimum Gasteiger partial charge on any atom is -0.494 e. The lowest BCUT2D eigenvalue weighted by atomic mass is 9.90. The summed E-state index contributed by atoms with van der Waals surface area (Å²) in [5.74, 6) is -0.532. The Labute approximate surface area is 305 Å². The van der Waals surface area contributed by atoms with E-state index in [0.29, 0.717) is 30.3 Å². The molecule has 4 aromatic rings. The van der Waals surface area contributed by atoms with E-state index in [9.17, 15) is 27.6 Å². The molecule has 1 atom stereocenters. The van der Waals surface area contributed by atoms with E-state index >= 15 is 0 Å². The van der Waals surface area contributed by atoms with Gasteiger partial charge in [-0.3, -0.25) is 24.6 Å². The van der Waals surface area contributed by atoms with Crippen molar-refractivity contribution >= 4 is 46.3 Å². The summed E-state index contributed by atoms with van der Waals surface area (Å²) in [6, 6.07) is 21.7. The average molecular weight is 730 g/mol. The number of nitrogens with one attached hydrogen (secondary N) is 4. The minimum atomic E-state index is -4.69. The fourth-order valence-electron chi connectivity index (χ4n) is 6.89. The van der Waals surface area contributed by atoms with Gasteiger partial charge < -0.3 is 25.6 Å². The number of hydrogen-bond acceptors (Lipinski definition) is 9. The average Bonchev–Trinajstić information content (AvgIpc) is 3.15. The zero-order chi connectivity index (χ0) is 37.7. The van der Waals surface area contributed by atoms with E-state index in [0.717, 1.165) is 55.5 Å². The number of para-hydroxylation sites is 1. The summed E-state index contributed by atoms with van der Waals surface area (Å²) >= 11 is 0. The molecule has 2 fully saturated rings. The highest BCUT2D eigenvalue weighted by molar-refractivity contribution is 6.01. The van der Waals surface area contributed by atoms with Gasteiger partial charge in [-0.2, -0.15) is 13.2 Å². The summed E-state index contributed by atoms with van der Waals surface area (Å²) in [5.41, 5.74) is 2.73. The standard InChI is InChI=1S/C39H42F3N7O4/c1-43-37(51)29-6-4-5-7-31(29)45-33-21-35(44-22-30(33)39(40,41)42)46-32-14-12-27(20-34(32)53-3)49-18-16-26(17-19-49)48(2)23-24-8-10-25(11-9-24)28-13-15-36(50)47-38(28)52/h4-12,14,20-22,26,28H,13,15-19,23H2,1-3H3,(H,43,51)(H2,44,45,46)(H,47,50,52). The van der Waals surface area contributed by atoms with E-state index in [4.69, 9.17) is 4.74 Å². The molecule has 1 unspecified atom stereocenters. The van der Waals surface area contributed by atoms with Gasteiger partial charge in [0.05, 0.1) is 41.2 Å². The Morgan fingerprint density at radius 1 is 0.962 bits per heavy atom. The van der Waals surface area contributed by atoms with Gasteiger partial charge in [0.15, 0.2) is 0 Å². The molecule has 0 radical (unpaired) electrons. The van der Waals surface area contributed by atoms with E-state index < -0.39 is 17.6 Å². The van der Waals surface area contributed by atoms with E-state index in [-0.39, 0.29) is 40.5 Å². The molecule has 3 aromatic carbocycles. The predicted molar refractivity (Wildman–Crippen MR) is 197 cm³/mol. The predicted octanol–water partition coefficient (Wildman–Crippen LogP) is 6.58. The van der Waals surface area contributed by atoms with Crippen molar-refractivity contribution < 1.29 is 32.3 Å². The lowest BCUT2D eigenvalue weighted by Crippen LogP contribution is -2.43. The van der Waals surface area contributed by atoms with Crippen molar-refractivity contribution in [1.29, 1.82) is 0 Å². The minimum absolute atomic E-state index is 0.151. The third-order valence-electron chi connectivity index (χ3n) is 9.83. The van der Waals surface area contributed by atoms with Crippen LogP contribution in [0.15, 0.2) is 79.0 Å². The van der Waals surface area contributed by atoms with E-state index in [1.807, 2.05) is 30.3 Å². The first-order valence-corrected chi connectivity index (χ1v) is 17.4. The molecule has 3 heterocycles. The number of pyridine rings is 1. The summed E-state index contributed by atoms with van der Waals surface area (Å²) in [7, 11) is 5.10. The second-order valence-electron chi connectivity index (χ2n) is 13.3. The summed E-state index contributed by atoms with van der Waals surface area (Å²) < 4.78 is 47.7. The number of amides is 3. The number of nitrogens with zero attached hydrogens (tertiary/aromatic N) is 3. The third kappa shape index (κ3) is 8.71. The molecular formula is C39H42F3N7O4. The van der Waals surface area contributed by atoms with Crippen LogP contribution in [-0.2, 0) is 22.3 Å². The Bertz CT molecular complexity index is 1960. The molecule has 278 valence electrons. The SMILES string of the molecule is CNC(=O)c1ccccc1Nc1cc(Nc2ccc(N3CCC(N(C)Cc4ccc(C5CCC(=O)NC5=O)cc4)CC3)cc2OC)ncc1C(F)(F)F. The monoisotopic (exact) mass is 729 g/mol. The van der Waals surface area contributed by atoms with Crippen LogP contribution in [0, 0.1) is 0 Å². The molecule has 1 aromatic heterocycles. The van der Waals surface area contributed by atoms with Crippen molar-refractivity contribution in [3.8, 4) is 5.75 Å². The van der Waals surface area contributed by atoms with Crippen molar-refractivity contribution in [3.05, 3.63) is 101 Å². The molecule has 2 aliphatic rings. The Morgan fingerprint density at radius 2 is 1.70 bits per heavy atom. The summed E-state index contributed by atoms with van der Waals surface area (Å²) in [6.07, 6.45) is -1.16. The summed E-state index contributed by atoms with van der Waals surface area (Å²) in [6.45, 7) is 2.42. The van der Waals surface area contributed by atoms with Crippen molar-refractivity contribution in [3.63, 3.8) is 0 Å². The second-order valence-corrected chi connectivity index (χ2v) is 13.3. The molecule has 0 bridgehead atoms. The van der Waals surface area contributed by atoms with Crippen LogP contribution in [0.4, 0.5) is 41.7 Å². The van der Waals surface area contributed by atoms with Crippen molar-refractivity contribution in [2.45, 2.75) is 50.4 Å². The zero-order valence-corrected chi connectivity index (χ0v) is 29.7. The Morgan fingerprint density at radius 3 is 2.38 bits per heavy atom. The van der Waals surface area contributed by atoms with E-state index in [1.165, 1.54) is 32.4 Å². The molecule has 14 heteroatoms. The van der Waals surface area contributed by atoms with Crippen LogP contribution in [0.3, 0.4) is 0 Å². The lowest BCUT2D eigenvalue weighted by molar-refractivity contribution is -0.137. The normalized spacial score (nSPS) is 16.7. The van der Waals surface area contributed by atoms with Crippen LogP contribution in [0.2, 0.25) is 0 Å². The van der Waals surface area contributed by atoms with Crippen LogP contribution < -0.4 is 30.9 Å². The van der Waals surface area contributed by atoms with Crippen LogP contribution in [0.5, 0.6) is 5.75 Å². The highest BCUT2D eigenvalue weighted by atomic mass is 19.4. The van der Waals surface area contributed by atoms with Crippen molar-refractivity contribution in [1.82, 2.24) is 20.5 Å². The maximum absolute atomic E-state index is 14.0. The smallest absolute Gasteiger partial charge is 0.419 e. The first kappa shape index (κ1) is 37.1. The molecule has 2 saturated heterocycles. The maximum atomic E-state index is 14.0. The van der Waals surface area contributed by atoms with E-state index in [1.54, 1.807) is 12.1 Å². The third-order valence-corrected chi connectivity index (χ3v) is 9.83. The number of anilines is 5. The highest BCUT2D eigenvalue weighted by Crippen LogP contribution is 2.39. The molecule has 53 heavy (non-hydrogen) atoms. The van der Waals surface area contributed by atoms with Crippen molar-refractivity contribution in [2.75, 3.05) is 49.8 Å². The first-order valence-electron chi connectivity index (χ1n) is 17.4. The molecule has 3 amide bonds. The number of carbonyl (C=O) groups is 3. The number of hydrogen-bond donors (Lipinski definition) is 4. The fourth-order valence-corrected chi connectivity index (χ4v) is 6.89. The summed E-state index contributed by atoms with van der Waals surface area (Å²) in [5, 5.41) is 10.8. The highest BCUT2D eigenvalue weighted by Gasteiger charge is 2.35. The molecule has 0 saturated carbocycles. The molecule has 4 N–H and O–H groups in total. The number of halogens is 3. The molecule has 11 nitrogen and oxygen atoms in total. The number of rotatable bonds is 11. The van der Waals surface area contributed by atoms with Gasteiger partial charge in [-0.1, -0.05) is 36.4 Å². The number of imide groups is 1. The first-order chi connectivity index (χ1) is 25.4. The number of alkyl halides is 3. The number of methoxy groups -OCH3 is 1. The van der Waals surface area contributed by atoms with Crippen molar-refractivity contribution in [2.24, 2.45) is 0 Å². The molecule has 2 aliphatic heterocycles. The Balaban J connectivity index is 1.09. The Kier molecular flexibility index (Phi) is 11.2. The number of benzene rings is 3. The van der Waals surface area contributed by atoms with Gasteiger partial charge in [0.2, 0.25) is 11.8 Å². The van der Waals surface area contributed by atoms with Gasteiger partial charge in [-0.15, -0.1) is 0 Å². The fraction of sp³-hybridized carbons (Fsp3) is 0.333. The van der Waals surface area contributed by atoms with Crippen LogP contribution >= 0.6 is 0 Å². The second kappa shape index (κ2) is 15.9. The largest absolute Gasteiger partial charge is 0.494 e. The van der Waals surface area contributed by atoms with Crippen LogP contribution in [0.1, 0.15) is 58.6 Å². The molecular weight excluding hydrogens is 687 g/mol. The Hall–Kier alpha value is -5.63. The van der Waals surface area contributed by atoms with Gasteiger partial charge in [-0.25, -0.2) is 4.98 Å². The topological polar surface area (TPSA) is 128 Å². The van der Waals surface area contributed by atoms with Gasteiger partial charge in [0.25, 0.3) is 5.91 Å². The summed E-state index contributed by atoms with van der Waals surface area (Å²) in [4.78, 5) is 44.8. The zero-order valence-electron chi connectivity index (χ0n) is 29.7. The number of ether oxygens (including phenoxy) is 1. The van der Waals surface area contributed by atoms with Gasteiger partial charge in [0.1, 0.15) is 11.6 Å². The number of carbonyl (C=O) groups excluding carboxylic acids is 3. The van der Waals surface area contributed by atoms with Crippen LogP contribution in [0.25, 0.3) is 0 Å². The molecule has 0 spiro atoms. The lowest BCUT2D eigenvalue weighted by Gasteiger charge is -2.38. The van der Waals surface area contributed by atoms with Gasteiger partial charge >= 0.3 is 6.18 Å². The van der Waals surface area contributed by atoms with Gasteiger partial charge in [0, 0.05) is 63.2 Å². The number of piperidine rings is 2. The number of aromatic nitrogens is 1. The quantitative estimate of drug-likeness (QED) is 0.127. The molecule has 6 rings (SSSR count). The maximum Gasteiger partial charge on any atom is 0.419 e. The van der Waals surface area contributed by atoms with Crippen LogP contribution in [-0.4, -0.2) is 67.9 Å². The van der Waals surface area contributed by atoms with E-state index in [2.05, 4.69) is 55.2 Å². The molecule has 0 aliphatic carbocycles.